The van der Waals surface area contributed by atoms with Gasteiger partial charge in [-0.1, -0.05) is 19.1 Å². The number of nitrogens with one attached hydrogen (secondary N) is 1. The molecule has 2 rings (SSSR count). The molecule has 7 heteroatoms. The van der Waals surface area contributed by atoms with Gasteiger partial charge in [-0.2, -0.15) is 0 Å². The number of likely N-dealkylation sites (N-methyl/N-ethyl adjacent to an activating group) is 1. The number of benzene rings is 1. The molecule has 1 aromatic carbocycles. The number of carbonyl (C=O) groups is 2. The second-order valence-electron chi connectivity index (χ2n) is 6.61. The summed E-state index contributed by atoms with van der Waals surface area (Å²) in [4.78, 5) is 27.6. The number of phenols is 1. The summed E-state index contributed by atoms with van der Waals surface area (Å²) in [5, 5.41) is 22.9. The Morgan fingerprint density at radius 3 is 2.58 bits per heavy atom. The van der Waals surface area contributed by atoms with Crippen LogP contribution < -0.4 is 5.32 Å². The molecule has 1 aliphatic rings. The minimum Gasteiger partial charge on any atom is -0.508 e. The lowest BCUT2D eigenvalue weighted by Crippen LogP contribution is -2.50. The normalized spacial score (nSPS) is 16.2. The smallest absolute Gasteiger partial charge is 0.317 e. The largest absolute Gasteiger partial charge is 0.508 e. The Bertz CT molecular complexity index is 615. The SMILES string of the molecule is CCC(=O)N1CCC(NC(=O)N(CC)C[C@@H](O)c2cccc(O)c2)CC1. The van der Waals surface area contributed by atoms with Crippen molar-refractivity contribution in [2.24, 2.45) is 0 Å². The van der Waals surface area contributed by atoms with Crippen LogP contribution in [-0.4, -0.2) is 64.2 Å². The minimum absolute atomic E-state index is 0.0374. The zero-order valence-corrected chi connectivity index (χ0v) is 15.5. The van der Waals surface area contributed by atoms with Gasteiger partial charge in [0.2, 0.25) is 5.91 Å². The van der Waals surface area contributed by atoms with Crippen LogP contribution in [0.2, 0.25) is 0 Å². The van der Waals surface area contributed by atoms with E-state index in [1.54, 1.807) is 17.0 Å². The number of likely N-dealkylation sites (tertiary alicyclic amines) is 1. The van der Waals surface area contributed by atoms with E-state index in [0.717, 1.165) is 12.8 Å². The molecule has 1 atom stereocenters. The first kappa shape index (κ1) is 20.0. The van der Waals surface area contributed by atoms with E-state index in [1.807, 2.05) is 18.7 Å². The maximum Gasteiger partial charge on any atom is 0.317 e. The number of piperidine rings is 1. The van der Waals surface area contributed by atoms with Crippen molar-refractivity contribution >= 4 is 11.9 Å². The van der Waals surface area contributed by atoms with Crippen molar-refractivity contribution < 1.29 is 19.8 Å². The zero-order chi connectivity index (χ0) is 19.1. The highest BCUT2D eigenvalue weighted by Gasteiger charge is 2.25. The number of aliphatic hydroxyl groups excluding tert-OH is 1. The van der Waals surface area contributed by atoms with Crippen LogP contribution in [0.25, 0.3) is 0 Å². The lowest BCUT2D eigenvalue weighted by atomic mass is 10.0. The molecule has 1 heterocycles. The highest BCUT2D eigenvalue weighted by molar-refractivity contribution is 5.76. The van der Waals surface area contributed by atoms with Crippen molar-refractivity contribution in [2.75, 3.05) is 26.2 Å². The van der Waals surface area contributed by atoms with Gasteiger partial charge in [0.25, 0.3) is 0 Å². The van der Waals surface area contributed by atoms with E-state index in [2.05, 4.69) is 5.32 Å². The maximum absolute atomic E-state index is 12.5. The fourth-order valence-corrected chi connectivity index (χ4v) is 3.16. The van der Waals surface area contributed by atoms with Gasteiger partial charge in [-0.25, -0.2) is 4.79 Å². The van der Waals surface area contributed by atoms with Gasteiger partial charge in [-0.15, -0.1) is 0 Å². The van der Waals surface area contributed by atoms with Gasteiger partial charge < -0.3 is 25.3 Å². The van der Waals surface area contributed by atoms with Gasteiger partial charge in [0.15, 0.2) is 0 Å². The van der Waals surface area contributed by atoms with Crippen molar-refractivity contribution in [1.82, 2.24) is 15.1 Å². The molecule has 0 saturated carbocycles. The Balaban J connectivity index is 1.86. The van der Waals surface area contributed by atoms with Gasteiger partial charge >= 0.3 is 6.03 Å². The summed E-state index contributed by atoms with van der Waals surface area (Å²) in [6, 6.07) is 6.24. The van der Waals surface area contributed by atoms with E-state index >= 15 is 0 Å². The molecule has 1 saturated heterocycles. The van der Waals surface area contributed by atoms with Gasteiger partial charge in [0, 0.05) is 32.1 Å². The summed E-state index contributed by atoms with van der Waals surface area (Å²) in [6.45, 7) is 5.66. The van der Waals surface area contributed by atoms with Crippen LogP contribution in [0.15, 0.2) is 24.3 Å². The number of urea groups is 1. The maximum atomic E-state index is 12.5. The van der Waals surface area contributed by atoms with E-state index in [0.29, 0.717) is 31.6 Å². The summed E-state index contributed by atoms with van der Waals surface area (Å²) < 4.78 is 0. The first-order chi connectivity index (χ1) is 12.4. The fourth-order valence-electron chi connectivity index (χ4n) is 3.16. The third-order valence-electron chi connectivity index (χ3n) is 4.79. The molecule has 0 aliphatic carbocycles. The van der Waals surface area contributed by atoms with Crippen molar-refractivity contribution in [3.05, 3.63) is 29.8 Å². The highest BCUT2D eigenvalue weighted by Crippen LogP contribution is 2.19. The van der Waals surface area contributed by atoms with Crippen molar-refractivity contribution in [3.63, 3.8) is 0 Å². The molecule has 0 spiro atoms. The summed E-state index contributed by atoms with van der Waals surface area (Å²) in [6.07, 6.45) is 1.12. The predicted molar refractivity (Wildman–Crippen MR) is 98.7 cm³/mol. The van der Waals surface area contributed by atoms with E-state index in [1.165, 1.54) is 12.1 Å². The van der Waals surface area contributed by atoms with E-state index in [9.17, 15) is 19.8 Å². The molecule has 26 heavy (non-hydrogen) atoms. The Hall–Kier alpha value is -2.28. The topological polar surface area (TPSA) is 93.1 Å². The van der Waals surface area contributed by atoms with Crippen LogP contribution in [0.4, 0.5) is 4.79 Å². The lowest BCUT2D eigenvalue weighted by molar-refractivity contribution is -0.131. The van der Waals surface area contributed by atoms with E-state index < -0.39 is 6.10 Å². The van der Waals surface area contributed by atoms with E-state index in [4.69, 9.17) is 0 Å². The summed E-state index contributed by atoms with van der Waals surface area (Å²) in [7, 11) is 0. The molecule has 0 aromatic heterocycles. The number of aromatic hydroxyl groups is 1. The Kier molecular flexibility index (Phi) is 7.26. The van der Waals surface area contributed by atoms with Crippen molar-refractivity contribution in [2.45, 2.75) is 45.3 Å². The Morgan fingerprint density at radius 1 is 1.31 bits per heavy atom. The Morgan fingerprint density at radius 2 is 2.00 bits per heavy atom. The molecule has 1 fully saturated rings. The van der Waals surface area contributed by atoms with Crippen LogP contribution in [-0.2, 0) is 4.79 Å². The van der Waals surface area contributed by atoms with Crippen LogP contribution in [0, 0.1) is 0 Å². The molecule has 0 unspecified atom stereocenters. The third kappa shape index (κ3) is 5.36. The van der Waals surface area contributed by atoms with Gasteiger partial charge in [0.1, 0.15) is 5.75 Å². The average molecular weight is 363 g/mol. The predicted octanol–water partition coefficient (Wildman–Crippen LogP) is 1.86. The Labute approximate surface area is 154 Å². The zero-order valence-electron chi connectivity index (χ0n) is 15.5. The molecule has 1 aliphatic heterocycles. The molecular weight excluding hydrogens is 334 g/mol. The van der Waals surface area contributed by atoms with E-state index in [-0.39, 0.29) is 30.3 Å². The number of hydrogen-bond acceptors (Lipinski definition) is 4. The second-order valence-corrected chi connectivity index (χ2v) is 6.61. The number of hydrogen-bond donors (Lipinski definition) is 3. The molecule has 0 bridgehead atoms. The number of phenolic OH excluding ortho intramolecular Hbond substituents is 1. The molecule has 3 amide bonds. The monoisotopic (exact) mass is 363 g/mol. The number of aliphatic hydroxyl groups is 1. The van der Waals surface area contributed by atoms with Gasteiger partial charge in [0.05, 0.1) is 12.6 Å². The number of nitrogens with zero attached hydrogens (tertiary/aromatic N) is 2. The van der Waals surface area contributed by atoms with Crippen molar-refractivity contribution in [3.8, 4) is 5.75 Å². The molecule has 7 nitrogen and oxygen atoms in total. The first-order valence-corrected chi connectivity index (χ1v) is 9.24. The molecule has 144 valence electrons. The molecule has 1 aromatic rings. The number of amides is 3. The molecular formula is C19H29N3O4. The summed E-state index contributed by atoms with van der Waals surface area (Å²) in [5.74, 6) is 0.238. The summed E-state index contributed by atoms with van der Waals surface area (Å²) in [5.41, 5.74) is 0.572. The molecule has 3 N–H and O–H groups in total. The van der Waals surface area contributed by atoms with Crippen LogP contribution in [0.5, 0.6) is 5.75 Å². The minimum atomic E-state index is -0.864. The number of rotatable bonds is 6. The molecule has 0 radical (unpaired) electrons. The third-order valence-corrected chi connectivity index (χ3v) is 4.79. The van der Waals surface area contributed by atoms with Crippen LogP contribution in [0.3, 0.4) is 0 Å². The summed E-state index contributed by atoms with van der Waals surface area (Å²) >= 11 is 0. The lowest BCUT2D eigenvalue weighted by Gasteiger charge is -2.34. The standard InChI is InChI=1S/C19H29N3O4/c1-3-18(25)22-10-8-15(9-11-22)20-19(26)21(4-2)13-17(24)14-6-5-7-16(23)12-14/h5-7,12,15,17,23-24H,3-4,8-11,13H2,1-2H3,(H,20,26)/t17-/m1/s1. The second kappa shape index (κ2) is 9.43. The van der Waals surface area contributed by atoms with Gasteiger partial charge in [-0.05, 0) is 37.5 Å². The fraction of sp³-hybridized carbons (Fsp3) is 0.579. The van der Waals surface area contributed by atoms with Gasteiger partial charge in [-0.3, -0.25) is 4.79 Å². The van der Waals surface area contributed by atoms with Crippen LogP contribution in [0.1, 0.15) is 44.8 Å². The highest BCUT2D eigenvalue weighted by atomic mass is 16.3. The number of carbonyl (C=O) groups excluding carboxylic acids is 2. The average Bonchev–Trinajstić information content (AvgIpc) is 2.65. The first-order valence-electron chi connectivity index (χ1n) is 9.24. The quantitative estimate of drug-likeness (QED) is 0.719. The van der Waals surface area contributed by atoms with Crippen LogP contribution >= 0.6 is 0 Å². The van der Waals surface area contributed by atoms with Crippen molar-refractivity contribution in [1.29, 1.82) is 0 Å².